The van der Waals surface area contributed by atoms with Crippen LogP contribution in [0, 0.1) is 5.82 Å². The van der Waals surface area contributed by atoms with Crippen molar-refractivity contribution in [2.75, 3.05) is 26.8 Å². The molecule has 1 aliphatic carbocycles. The van der Waals surface area contributed by atoms with Crippen LogP contribution in [-0.4, -0.2) is 53.9 Å². The number of piperidine rings is 1. The number of hydrogen-bond acceptors (Lipinski definition) is 4. The molecule has 3 rings (SSSR count). The smallest absolute Gasteiger partial charge is 0.256 e. The number of ether oxygens (including phenoxy) is 1. The average molecular weight is 364 g/mol. The number of carbonyl (C=O) groups excluding carboxylic acids is 1. The van der Waals surface area contributed by atoms with Crippen LogP contribution in [0.5, 0.6) is 0 Å². The number of methoxy groups -OCH3 is 1. The average Bonchev–Trinajstić information content (AvgIpc) is 3.09. The molecule has 1 unspecified atom stereocenters. The second kappa shape index (κ2) is 8.03. The van der Waals surface area contributed by atoms with E-state index in [9.17, 15) is 14.3 Å². The van der Waals surface area contributed by atoms with E-state index < -0.39 is 5.60 Å². The van der Waals surface area contributed by atoms with Crippen LogP contribution in [-0.2, 0) is 16.1 Å². The number of rotatable bonds is 7. The fourth-order valence-corrected chi connectivity index (χ4v) is 4.22. The molecule has 1 aromatic rings. The van der Waals surface area contributed by atoms with Gasteiger partial charge in [-0.1, -0.05) is 25.0 Å². The van der Waals surface area contributed by atoms with Gasteiger partial charge in [0.05, 0.1) is 6.61 Å². The summed E-state index contributed by atoms with van der Waals surface area (Å²) in [6.07, 6.45) is 5.50. The van der Waals surface area contributed by atoms with Crippen LogP contribution in [0.2, 0.25) is 0 Å². The highest BCUT2D eigenvalue weighted by molar-refractivity contribution is 5.86. The first-order valence-electron chi connectivity index (χ1n) is 9.47. The number of nitrogens with zero attached hydrogens (tertiary/aromatic N) is 1. The van der Waals surface area contributed by atoms with E-state index in [4.69, 9.17) is 4.74 Å². The Balaban J connectivity index is 1.64. The molecule has 1 aliphatic heterocycles. The molecule has 6 heteroatoms. The number of likely N-dealkylation sites (tertiary alicyclic amines) is 1. The summed E-state index contributed by atoms with van der Waals surface area (Å²) in [7, 11) is 1.69. The van der Waals surface area contributed by atoms with E-state index in [0.717, 1.165) is 37.7 Å². The Bertz CT molecular complexity index is 616. The van der Waals surface area contributed by atoms with E-state index in [0.29, 0.717) is 26.1 Å². The highest BCUT2D eigenvalue weighted by atomic mass is 19.1. The fraction of sp³-hybridized carbons (Fsp3) is 0.650. The van der Waals surface area contributed by atoms with E-state index >= 15 is 0 Å². The molecule has 2 fully saturated rings. The van der Waals surface area contributed by atoms with Crippen molar-refractivity contribution in [3.05, 3.63) is 35.6 Å². The first-order chi connectivity index (χ1) is 12.5. The van der Waals surface area contributed by atoms with Gasteiger partial charge in [0.25, 0.3) is 5.91 Å². The monoisotopic (exact) mass is 364 g/mol. The Hall–Kier alpha value is -1.50. The van der Waals surface area contributed by atoms with E-state index in [1.54, 1.807) is 24.1 Å². The van der Waals surface area contributed by atoms with E-state index in [-0.39, 0.29) is 23.8 Å². The van der Waals surface area contributed by atoms with Gasteiger partial charge in [-0.25, -0.2) is 4.39 Å². The van der Waals surface area contributed by atoms with Gasteiger partial charge < -0.3 is 20.1 Å². The molecule has 0 spiro atoms. The standard InChI is InChI=1S/C20H29FN2O3/c1-26-15-19(9-2-3-10-19)22-14-20(25)11-4-12-23(18(20)24)13-16-5-7-17(21)8-6-16/h5-8,22,25H,2-4,9-15H2,1H3. The number of nitrogens with one attached hydrogen (secondary N) is 1. The molecule has 2 aliphatic rings. The Morgan fingerprint density at radius 1 is 1.19 bits per heavy atom. The number of halogens is 1. The molecule has 0 radical (unpaired) electrons. The van der Waals surface area contributed by atoms with Gasteiger partial charge in [0.2, 0.25) is 0 Å². The third kappa shape index (κ3) is 4.24. The van der Waals surface area contributed by atoms with Gasteiger partial charge in [0.15, 0.2) is 5.60 Å². The highest BCUT2D eigenvalue weighted by Crippen LogP contribution is 2.31. The van der Waals surface area contributed by atoms with Crippen LogP contribution in [0.25, 0.3) is 0 Å². The Morgan fingerprint density at radius 2 is 1.88 bits per heavy atom. The van der Waals surface area contributed by atoms with Gasteiger partial charge in [0.1, 0.15) is 5.82 Å². The first kappa shape index (κ1) is 19.3. The maximum Gasteiger partial charge on any atom is 0.256 e. The molecule has 0 bridgehead atoms. The van der Waals surface area contributed by atoms with Crippen molar-refractivity contribution < 1.29 is 19.0 Å². The minimum Gasteiger partial charge on any atom is -0.383 e. The number of benzene rings is 1. The van der Waals surface area contributed by atoms with Gasteiger partial charge in [-0.3, -0.25) is 4.79 Å². The minimum atomic E-state index is -1.39. The van der Waals surface area contributed by atoms with Gasteiger partial charge in [-0.2, -0.15) is 0 Å². The zero-order valence-electron chi connectivity index (χ0n) is 15.5. The molecule has 1 aromatic carbocycles. The normalized spacial score (nSPS) is 25.7. The van der Waals surface area contributed by atoms with Crippen LogP contribution in [0.15, 0.2) is 24.3 Å². The predicted molar refractivity (Wildman–Crippen MR) is 97.1 cm³/mol. The second-order valence-corrected chi connectivity index (χ2v) is 7.76. The maximum atomic E-state index is 13.1. The summed E-state index contributed by atoms with van der Waals surface area (Å²) in [4.78, 5) is 14.6. The highest BCUT2D eigenvalue weighted by Gasteiger charge is 2.44. The van der Waals surface area contributed by atoms with Crippen LogP contribution in [0.4, 0.5) is 4.39 Å². The van der Waals surface area contributed by atoms with Crippen molar-refractivity contribution in [1.29, 1.82) is 0 Å². The molecule has 2 N–H and O–H groups in total. The second-order valence-electron chi connectivity index (χ2n) is 7.76. The van der Waals surface area contributed by atoms with Crippen LogP contribution < -0.4 is 5.32 Å². The van der Waals surface area contributed by atoms with Crippen LogP contribution in [0.1, 0.15) is 44.1 Å². The van der Waals surface area contributed by atoms with Crippen LogP contribution in [0.3, 0.4) is 0 Å². The molecular formula is C20H29FN2O3. The van der Waals surface area contributed by atoms with Crippen molar-refractivity contribution in [3.63, 3.8) is 0 Å². The van der Waals surface area contributed by atoms with Gasteiger partial charge in [-0.15, -0.1) is 0 Å². The lowest BCUT2D eigenvalue weighted by Gasteiger charge is -2.41. The van der Waals surface area contributed by atoms with Gasteiger partial charge in [0, 0.05) is 32.3 Å². The molecular weight excluding hydrogens is 335 g/mol. The number of β-amino-alcohol motifs (C(OH)–C–C–N with tert-alkyl or cyclic N) is 1. The summed E-state index contributed by atoms with van der Waals surface area (Å²) in [6, 6.07) is 6.15. The zero-order valence-corrected chi connectivity index (χ0v) is 15.5. The van der Waals surface area contributed by atoms with E-state index in [1.807, 2.05) is 0 Å². The number of carbonyl (C=O) groups is 1. The van der Waals surface area contributed by atoms with Gasteiger partial charge in [-0.05, 0) is 43.4 Å². The lowest BCUT2D eigenvalue weighted by Crippen LogP contribution is -2.61. The number of hydrogen-bond donors (Lipinski definition) is 2. The van der Waals surface area contributed by atoms with E-state index in [2.05, 4.69) is 5.32 Å². The molecule has 5 nitrogen and oxygen atoms in total. The van der Waals surface area contributed by atoms with Crippen LogP contribution >= 0.6 is 0 Å². The Morgan fingerprint density at radius 3 is 2.54 bits per heavy atom. The molecule has 1 saturated carbocycles. The third-order valence-electron chi connectivity index (χ3n) is 5.73. The van der Waals surface area contributed by atoms with Crippen molar-refractivity contribution in [2.24, 2.45) is 0 Å². The number of amides is 1. The Kier molecular flexibility index (Phi) is 5.95. The molecule has 144 valence electrons. The van der Waals surface area contributed by atoms with Crippen molar-refractivity contribution >= 4 is 5.91 Å². The molecule has 1 heterocycles. The topological polar surface area (TPSA) is 61.8 Å². The van der Waals surface area contributed by atoms with Crippen molar-refractivity contribution in [3.8, 4) is 0 Å². The lowest BCUT2D eigenvalue weighted by molar-refractivity contribution is -0.157. The lowest BCUT2D eigenvalue weighted by atomic mass is 9.89. The third-order valence-corrected chi connectivity index (χ3v) is 5.73. The first-order valence-corrected chi connectivity index (χ1v) is 9.47. The SMILES string of the molecule is COCC1(NCC2(O)CCCN(Cc3ccc(F)cc3)C2=O)CCCC1. The molecule has 1 saturated heterocycles. The predicted octanol–water partition coefficient (Wildman–Crippen LogP) is 2.23. The van der Waals surface area contributed by atoms with E-state index in [1.165, 1.54) is 12.1 Å². The summed E-state index contributed by atoms with van der Waals surface area (Å²) < 4.78 is 18.4. The fourth-order valence-electron chi connectivity index (χ4n) is 4.22. The minimum absolute atomic E-state index is 0.135. The zero-order chi connectivity index (χ0) is 18.6. The quantitative estimate of drug-likeness (QED) is 0.779. The van der Waals surface area contributed by atoms with Gasteiger partial charge >= 0.3 is 0 Å². The molecule has 1 amide bonds. The summed E-state index contributed by atoms with van der Waals surface area (Å²) >= 11 is 0. The number of aliphatic hydroxyl groups is 1. The molecule has 1 atom stereocenters. The molecule has 26 heavy (non-hydrogen) atoms. The summed E-state index contributed by atoms with van der Waals surface area (Å²) in [5.41, 5.74) is -0.658. The van der Waals surface area contributed by atoms with Crippen molar-refractivity contribution in [1.82, 2.24) is 10.2 Å². The Labute approximate surface area is 154 Å². The summed E-state index contributed by atoms with van der Waals surface area (Å²) in [5, 5.41) is 14.5. The summed E-state index contributed by atoms with van der Waals surface area (Å²) in [6.45, 7) is 1.85. The molecule has 0 aromatic heterocycles. The largest absolute Gasteiger partial charge is 0.383 e. The van der Waals surface area contributed by atoms with Crippen molar-refractivity contribution in [2.45, 2.75) is 56.2 Å². The summed E-state index contributed by atoms with van der Waals surface area (Å²) in [5.74, 6) is -0.537. The maximum absolute atomic E-state index is 13.1.